The molecule has 0 fully saturated rings. The van der Waals surface area contributed by atoms with Gasteiger partial charge in [-0.25, -0.2) is 14.6 Å². The topological polar surface area (TPSA) is 154 Å². The molecule has 2 aliphatic heterocycles. The second-order valence-electron chi connectivity index (χ2n) is 14.9. The average molecular weight is 744 g/mol. The van der Waals surface area contributed by atoms with Gasteiger partial charge in [-0.3, -0.25) is 14.4 Å². The summed E-state index contributed by atoms with van der Waals surface area (Å²) in [5.41, 5.74) is 1.22. The van der Waals surface area contributed by atoms with Crippen LogP contribution in [0.2, 0.25) is 0 Å². The first-order valence-corrected chi connectivity index (χ1v) is 20.3. The van der Waals surface area contributed by atoms with E-state index in [1.54, 1.807) is 17.6 Å². The fourth-order valence-corrected chi connectivity index (χ4v) is 7.79. The number of para-hydroxylation sites is 1. The number of ether oxygens (including phenoxy) is 2. The Morgan fingerprint density at radius 3 is 2.19 bits per heavy atom. The molecule has 11 heteroatoms. The highest BCUT2D eigenvalue weighted by molar-refractivity contribution is 5.89. The Bertz CT molecular complexity index is 1850. The van der Waals surface area contributed by atoms with Gasteiger partial charge in [0, 0.05) is 29.4 Å². The van der Waals surface area contributed by atoms with Crippen molar-refractivity contribution in [3.05, 3.63) is 63.4 Å². The van der Waals surface area contributed by atoms with Crippen LogP contribution in [-0.2, 0) is 47.4 Å². The number of esters is 2. The highest BCUT2D eigenvalue weighted by atomic mass is 16.6. The van der Waals surface area contributed by atoms with Crippen LogP contribution in [0.5, 0.6) is 0 Å². The lowest BCUT2D eigenvalue weighted by Gasteiger charge is -2.35. The summed E-state index contributed by atoms with van der Waals surface area (Å²) in [4.78, 5) is 69.7. The van der Waals surface area contributed by atoms with Crippen molar-refractivity contribution in [1.82, 2.24) is 14.9 Å². The second kappa shape index (κ2) is 19.7. The minimum atomic E-state index is -1.83. The Morgan fingerprint density at radius 1 is 0.889 bits per heavy atom. The molecular weight excluding hydrogens is 686 g/mol. The van der Waals surface area contributed by atoms with Crippen molar-refractivity contribution in [3.63, 3.8) is 0 Å². The number of cyclic esters (lactones) is 1. The summed E-state index contributed by atoms with van der Waals surface area (Å²) in [6.07, 6.45) is 17.1. The van der Waals surface area contributed by atoms with Crippen LogP contribution in [-0.4, -0.2) is 44.5 Å². The molecule has 0 radical (unpaired) electrons. The molecule has 54 heavy (non-hydrogen) atoms. The van der Waals surface area contributed by atoms with Crippen LogP contribution in [0, 0.1) is 0 Å². The number of aromatic nitrogens is 2. The number of nitrogens with zero attached hydrogens (tertiary/aromatic N) is 2. The van der Waals surface area contributed by atoms with E-state index in [0.29, 0.717) is 36.3 Å². The van der Waals surface area contributed by atoms with Gasteiger partial charge in [0.1, 0.15) is 12.6 Å². The van der Waals surface area contributed by atoms with Crippen LogP contribution in [0.3, 0.4) is 0 Å². The van der Waals surface area contributed by atoms with E-state index in [9.17, 15) is 29.1 Å². The zero-order chi connectivity index (χ0) is 38.5. The van der Waals surface area contributed by atoms with Crippen molar-refractivity contribution in [2.24, 2.45) is 0 Å². The van der Waals surface area contributed by atoms with Gasteiger partial charge < -0.3 is 24.5 Å². The number of carboxylic acids is 1. The number of rotatable bonds is 23. The van der Waals surface area contributed by atoms with E-state index in [0.717, 1.165) is 35.7 Å². The molecule has 1 unspecified atom stereocenters. The molecule has 0 saturated heterocycles. The lowest BCUT2D eigenvalue weighted by molar-refractivity contribution is -0.189. The molecule has 0 bridgehead atoms. The number of hydrogen-bond donors (Lipinski definition) is 2. The normalized spacial score (nSPS) is 16.3. The lowest BCUT2D eigenvalue weighted by Crippen LogP contribution is -2.47. The van der Waals surface area contributed by atoms with Gasteiger partial charge in [-0.2, -0.15) is 0 Å². The van der Waals surface area contributed by atoms with Gasteiger partial charge >= 0.3 is 17.9 Å². The zero-order valence-corrected chi connectivity index (χ0v) is 32.1. The summed E-state index contributed by atoms with van der Waals surface area (Å²) in [5, 5.41) is 13.3. The summed E-state index contributed by atoms with van der Waals surface area (Å²) < 4.78 is 12.9. The van der Waals surface area contributed by atoms with E-state index < -0.39 is 35.5 Å². The molecule has 1 amide bonds. The number of carbonyl (C=O) groups excluding carboxylic acids is 3. The smallest absolute Gasteiger partial charge is 0.355 e. The number of aliphatic carboxylic acids is 1. The fraction of sp³-hybridized carbons (Fsp3) is 0.581. The summed E-state index contributed by atoms with van der Waals surface area (Å²) in [6, 6.07) is 10.4. The Balaban J connectivity index is 1.07. The van der Waals surface area contributed by atoms with E-state index in [1.165, 1.54) is 64.2 Å². The largest absolute Gasteiger partial charge is 0.480 e. The van der Waals surface area contributed by atoms with Gasteiger partial charge in [-0.05, 0) is 37.5 Å². The number of amides is 1. The van der Waals surface area contributed by atoms with E-state index in [1.807, 2.05) is 30.3 Å². The van der Waals surface area contributed by atoms with Gasteiger partial charge in [-0.1, -0.05) is 122 Å². The van der Waals surface area contributed by atoms with Crippen molar-refractivity contribution >= 4 is 34.7 Å². The number of unbranched alkanes of at least 4 members (excludes halogenated alkanes) is 13. The molecule has 2 N–H and O–H groups in total. The third kappa shape index (κ3) is 9.95. The van der Waals surface area contributed by atoms with Gasteiger partial charge in [0.05, 0.1) is 29.0 Å². The highest BCUT2D eigenvalue weighted by Crippen LogP contribution is 2.41. The van der Waals surface area contributed by atoms with Crippen LogP contribution in [0.4, 0.5) is 0 Å². The van der Waals surface area contributed by atoms with Gasteiger partial charge in [0.25, 0.3) is 5.56 Å². The van der Waals surface area contributed by atoms with Gasteiger partial charge in [-0.15, -0.1) is 0 Å². The summed E-state index contributed by atoms with van der Waals surface area (Å²) in [6.45, 7) is 4.02. The number of fused-ring (bicyclic) bond motifs is 5. The summed E-state index contributed by atoms with van der Waals surface area (Å²) in [5.74, 6) is -3.03. The molecule has 5 rings (SSSR count). The maximum Gasteiger partial charge on any atom is 0.355 e. The summed E-state index contributed by atoms with van der Waals surface area (Å²) >= 11 is 0. The van der Waals surface area contributed by atoms with E-state index >= 15 is 0 Å². The number of carboxylic acid groups (broad SMARTS) is 1. The molecule has 11 nitrogen and oxygen atoms in total. The molecule has 2 atom stereocenters. The second-order valence-corrected chi connectivity index (χ2v) is 14.9. The molecular formula is C43H57N3O8. The Kier molecular flexibility index (Phi) is 14.8. The molecule has 0 aliphatic carbocycles. The summed E-state index contributed by atoms with van der Waals surface area (Å²) in [7, 11) is 0. The van der Waals surface area contributed by atoms with Crippen molar-refractivity contribution in [2.75, 3.05) is 0 Å². The number of nitrogens with one attached hydrogen (secondary N) is 1. The Morgan fingerprint density at radius 2 is 1.54 bits per heavy atom. The maximum absolute atomic E-state index is 13.8. The van der Waals surface area contributed by atoms with E-state index in [4.69, 9.17) is 14.5 Å². The maximum atomic E-state index is 13.8. The van der Waals surface area contributed by atoms with Crippen molar-refractivity contribution in [2.45, 2.75) is 161 Å². The number of benzene rings is 1. The quantitative estimate of drug-likeness (QED) is 0.0565. The van der Waals surface area contributed by atoms with E-state index in [-0.39, 0.29) is 43.4 Å². The monoisotopic (exact) mass is 743 g/mol. The first-order chi connectivity index (χ1) is 26.2. The van der Waals surface area contributed by atoms with Crippen LogP contribution >= 0.6 is 0 Å². The SMILES string of the molecule is CCCCCCCCCCCCCCCCC(NC(=O)CCCC(=O)O[C@]1(CC)C(=O)OCc2c1cc1n(c2=O)Cc2cc3ccccc3nc2-1)C(=O)O. The minimum absolute atomic E-state index is 0.0332. The first-order valence-electron chi connectivity index (χ1n) is 20.3. The zero-order valence-electron chi connectivity index (χ0n) is 32.1. The predicted molar refractivity (Wildman–Crippen MR) is 207 cm³/mol. The van der Waals surface area contributed by atoms with Gasteiger partial charge in [0.2, 0.25) is 11.5 Å². The number of pyridine rings is 2. The average Bonchev–Trinajstić information content (AvgIpc) is 3.52. The number of hydrogen-bond acceptors (Lipinski definition) is 8. The van der Waals surface area contributed by atoms with Crippen molar-refractivity contribution in [3.8, 4) is 11.4 Å². The third-order valence-corrected chi connectivity index (χ3v) is 10.9. The van der Waals surface area contributed by atoms with Crippen LogP contribution in [0.25, 0.3) is 22.3 Å². The van der Waals surface area contributed by atoms with Gasteiger partial charge in [0.15, 0.2) is 0 Å². The lowest BCUT2D eigenvalue weighted by atomic mass is 9.85. The van der Waals surface area contributed by atoms with Crippen molar-refractivity contribution < 1.29 is 33.8 Å². The number of carbonyl (C=O) groups is 4. The van der Waals surface area contributed by atoms with Crippen LogP contribution in [0.1, 0.15) is 153 Å². The first kappa shape index (κ1) is 40.6. The fourth-order valence-electron chi connectivity index (χ4n) is 7.79. The van der Waals surface area contributed by atoms with Crippen molar-refractivity contribution in [1.29, 1.82) is 0 Å². The van der Waals surface area contributed by atoms with Crippen LogP contribution < -0.4 is 10.9 Å². The molecule has 2 aliphatic rings. The Hall–Kier alpha value is -4.54. The molecule has 0 saturated carbocycles. The standard InChI is InChI=1S/C43H57N3O8/c1-3-5-6-7-8-9-10-11-12-13-14-15-16-17-23-35(41(50)51)44-37(47)24-20-25-38(48)54-43(4-2)33-27-36-39-31(26-30-21-18-19-22-34(30)45-39)28-46(36)40(49)32(33)29-53-42(43)52/h18-19,21-22,26-27,35H,3-17,20,23-25,28-29H2,1-2H3,(H,44,47)(H,50,51)/t35?,43-/m0/s1. The van der Waals surface area contributed by atoms with E-state index in [2.05, 4.69) is 12.2 Å². The predicted octanol–water partition coefficient (Wildman–Crippen LogP) is 8.24. The minimum Gasteiger partial charge on any atom is -0.480 e. The molecule has 292 valence electrons. The highest BCUT2D eigenvalue weighted by Gasteiger charge is 2.50. The Labute approximate surface area is 318 Å². The van der Waals surface area contributed by atoms with Crippen LogP contribution in [0.15, 0.2) is 41.2 Å². The molecule has 2 aromatic heterocycles. The molecule has 0 spiro atoms. The molecule has 4 heterocycles. The third-order valence-electron chi connectivity index (χ3n) is 10.9. The molecule has 3 aromatic rings. The molecule has 1 aromatic carbocycles.